The van der Waals surface area contributed by atoms with E-state index in [0.29, 0.717) is 18.6 Å². The Kier molecular flexibility index (Phi) is 6.25. The first-order valence-electron chi connectivity index (χ1n) is 6.77. The Labute approximate surface area is 115 Å². The van der Waals surface area contributed by atoms with Crippen LogP contribution in [0.25, 0.3) is 0 Å². The molecule has 1 rings (SSSR count). The van der Waals surface area contributed by atoms with Gasteiger partial charge in [0.25, 0.3) is 0 Å². The van der Waals surface area contributed by atoms with Gasteiger partial charge in [0.05, 0.1) is 12.7 Å². The van der Waals surface area contributed by atoms with Gasteiger partial charge in [-0.05, 0) is 39.3 Å². The molecule has 3 nitrogen and oxygen atoms in total. The van der Waals surface area contributed by atoms with Crippen molar-refractivity contribution >= 4 is 5.69 Å². The Bertz CT molecular complexity index is 394. The molecule has 0 amide bonds. The van der Waals surface area contributed by atoms with Crippen LogP contribution in [0.3, 0.4) is 0 Å². The summed E-state index contributed by atoms with van der Waals surface area (Å²) in [5.74, 6) is -0.188. The van der Waals surface area contributed by atoms with Crippen LogP contribution in [0.15, 0.2) is 18.2 Å². The molecule has 0 saturated heterocycles. The van der Waals surface area contributed by atoms with Crippen molar-refractivity contribution in [3.8, 4) is 0 Å². The van der Waals surface area contributed by atoms with Crippen LogP contribution < -0.4 is 10.6 Å². The highest BCUT2D eigenvalue weighted by Gasteiger charge is 2.13. The fraction of sp³-hybridized carbons (Fsp3) is 0.600. The van der Waals surface area contributed by atoms with Crippen molar-refractivity contribution in [3.63, 3.8) is 0 Å². The summed E-state index contributed by atoms with van der Waals surface area (Å²) in [5.41, 5.74) is 7.37. The molecule has 0 radical (unpaired) electrons. The summed E-state index contributed by atoms with van der Waals surface area (Å²) >= 11 is 0. The van der Waals surface area contributed by atoms with Gasteiger partial charge in [0.15, 0.2) is 0 Å². The van der Waals surface area contributed by atoms with Crippen LogP contribution in [0.5, 0.6) is 0 Å². The van der Waals surface area contributed by atoms with Crippen LogP contribution in [0, 0.1) is 5.82 Å². The van der Waals surface area contributed by atoms with E-state index in [0.717, 1.165) is 12.2 Å². The predicted octanol–water partition coefficient (Wildman–Crippen LogP) is 2.58. The molecule has 0 spiro atoms. The van der Waals surface area contributed by atoms with Crippen molar-refractivity contribution in [2.45, 2.75) is 39.3 Å². The molecule has 1 aromatic rings. The van der Waals surface area contributed by atoms with E-state index < -0.39 is 0 Å². The Morgan fingerprint density at radius 3 is 2.58 bits per heavy atom. The highest BCUT2D eigenvalue weighted by atomic mass is 19.1. The second kappa shape index (κ2) is 7.46. The van der Waals surface area contributed by atoms with Crippen molar-refractivity contribution in [2.75, 3.05) is 25.1 Å². The van der Waals surface area contributed by atoms with E-state index >= 15 is 0 Å². The summed E-state index contributed by atoms with van der Waals surface area (Å²) in [7, 11) is 1.95. The molecule has 4 heteroatoms. The molecular formula is C15H25FN2O. The second-order valence-corrected chi connectivity index (χ2v) is 5.26. The third-order valence-corrected chi connectivity index (χ3v) is 2.91. The maximum atomic E-state index is 13.9. The van der Waals surface area contributed by atoms with E-state index in [1.807, 2.05) is 38.8 Å². The standard InChI is InChI=1S/C15H25FN2O/c1-11(2)19-9-8-18(4)15-7-5-6-14(16)13(15)10-12(3)17/h5-7,11-12H,8-10,17H2,1-4H3. The van der Waals surface area contributed by atoms with Crippen LogP contribution in [0.1, 0.15) is 26.3 Å². The van der Waals surface area contributed by atoms with E-state index in [1.165, 1.54) is 6.07 Å². The minimum absolute atomic E-state index is 0.0593. The molecule has 0 bridgehead atoms. The topological polar surface area (TPSA) is 38.5 Å². The number of hydrogen-bond donors (Lipinski definition) is 1. The second-order valence-electron chi connectivity index (χ2n) is 5.26. The first kappa shape index (κ1) is 15.9. The van der Waals surface area contributed by atoms with Crippen LogP contribution in [-0.2, 0) is 11.2 Å². The fourth-order valence-corrected chi connectivity index (χ4v) is 1.97. The molecule has 0 fully saturated rings. The summed E-state index contributed by atoms with van der Waals surface area (Å²) in [6.45, 7) is 7.25. The lowest BCUT2D eigenvalue weighted by Gasteiger charge is -2.24. The molecule has 0 heterocycles. The van der Waals surface area contributed by atoms with Gasteiger partial charge in [-0.3, -0.25) is 0 Å². The van der Waals surface area contributed by atoms with E-state index in [1.54, 1.807) is 6.07 Å². The van der Waals surface area contributed by atoms with Gasteiger partial charge in [-0.2, -0.15) is 0 Å². The molecule has 108 valence electrons. The number of benzene rings is 1. The van der Waals surface area contributed by atoms with Crippen LogP contribution in [-0.4, -0.2) is 32.3 Å². The van der Waals surface area contributed by atoms with Crippen molar-refractivity contribution in [1.82, 2.24) is 0 Å². The van der Waals surface area contributed by atoms with Gasteiger partial charge >= 0.3 is 0 Å². The Morgan fingerprint density at radius 1 is 1.32 bits per heavy atom. The van der Waals surface area contributed by atoms with Gasteiger partial charge in [0.1, 0.15) is 5.82 Å². The number of anilines is 1. The monoisotopic (exact) mass is 268 g/mol. The number of nitrogens with zero attached hydrogens (tertiary/aromatic N) is 1. The molecule has 1 aromatic carbocycles. The van der Waals surface area contributed by atoms with E-state index in [2.05, 4.69) is 0 Å². The molecule has 0 aromatic heterocycles. The maximum absolute atomic E-state index is 13.9. The minimum Gasteiger partial charge on any atom is -0.377 e. The summed E-state index contributed by atoms with van der Waals surface area (Å²) in [6.07, 6.45) is 0.752. The normalized spacial score (nSPS) is 12.8. The van der Waals surface area contributed by atoms with E-state index in [-0.39, 0.29) is 18.0 Å². The number of likely N-dealkylation sites (N-methyl/N-ethyl adjacent to an activating group) is 1. The number of hydrogen-bond acceptors (Lipinski definition) is 3. The quantitative estimate of drug-likeness (QED) is 0.826. The third-order valence-electron chi connectivity index (χ3n) is 2.91. The van der Waals surface area contributed by atoms with Gasteiger partial charge in [0, 0.05) is 30.9 Å². The SMILES string of the molecule is CC(N)Cc1c(F)cccc1N(C)CCOC(C)C. The fourth-order valence-electron chi connectivity index (χ4n) is 1.97. The number of ether oxygens (including phenoxy) is 1. The van der Waals surface area contributed by atoms with E-state index in [4.69, 9.17) is 10.5 Å². The summed E-state index contributed by atoms with van der Waals surface area (Å²) in [5, 5.41) is 0. The Balaban J connectivity index is 2.77. The third kappa shape index (κ3) is 5.17. The first-order chi connectivity index (χ1) is 8.91. The van der Waals surface area contributed by atoms with Crippen molar-refractivity contribution in [1.29, 1.82) is 0 Å². The molecule has 0 aliphatic rings. The summed E-state index contributed by atoms with van der Waals surface area (Å²) < 4.78 is 19.4. The lowest BCUT2D eigenvalue weighted by atomic mass is 10.0. The molecule has 2 N–H and O–H groups in total. The zero-order valence-electron chi connectivity index (χ0n) is 12.3. The molecule has 0 saturated carbocycles. The van der Waals surface area contributed by atoms with Gasteiger partial charge in [0.2, 0.25) is 0 Å². The molecular weight excluding hydrogens is 243 g/mol. The Morgan fingerprint density at radius 2 is 2.00 bits per heavy atom. The van der Waals surface area contributed by atoms with Crippen LogP contribution in [0.4, 0.5) is 10.1 Å². The summed E-state index contributed by atoms with van der Waals surface area (Å²) in [4.78, 5) is 2.02. The van der Waals surface area contributed by atoms with Crippen molar-refractivity contribution in [3.05, 3.63) is 29.6 Å². The van der Waals surface area contributed by atoms with Crippen molar-refractivity contribution in [2.24, 2.45) is 5.73 Å². The largest absolute Gasteiger partial charge is 0.377 e. The highest BCUT2D eigenvalue weighted by molar-refractivity contribution is 5.54. The summed E-state index contributed by atoms with van der Waals surface area (Å²) in [6, 6.07) is 5.08. The lowest BCUT2D eigenvalue weighted by molar-refractivity contribution is 0.0846. The number of halogens is 1. The average Bonchev–Trinajstić information content (AvgIpc) is 2.30. The predicted molar refractivity (Wildman–Crippen MR) is 78.1 cm³/mol. The minimum atomic E-state index is -0.188. The molecule has 1 atom stereocenters. The molecule has 0 aliphatic carbocycles. The van der Waals surface area contributed by atoms with Gasteiger partial charge in [-0.1, -0.05) is 6.07 Å². The van der Waals surface area contributed by atoms with Crippen LogP contribution >= 0.6 is 0 Å². The molecule has 0 aliphatic heterocycles. The van der Waals surface area contributed by atoms with Gasteiger partial charge in [-0.25, -0.2) is 4.39 Å². The van der Waals surface area contributed by atoms with Gasteiger partial charge < -0.3 is 15.4 Å². The molecule has 19 heavy (non-hydrogen) atoms. The number of nitrogens with two attached hydrogens (primary N) is 1. The average molecular weight is 268 g/mol. The van der Waals surface area contributed by atoms with Crippen molar-refractivity contribution < 1.29 is 9.13 Å². The van der Waals surface area contributed by atoms with Crippen LogP contribution in [0.2, 0.25) is 0 Å². The maximum Gasteiger partial charge on any atom is 0.128 e. The highest BCUT2D eigenvalue weighted by Crippen LogP contribution is 2.23. The zero-order chi connectivity index (χ0) is 14.4. The lowest BCUT2D eigenvalue weighted by Crippen LogP contribution is -2.27. The Hall–Kier alpha value is -1.13. The zero-order valence-corrected chi connectivity index (χ0v) is 12.3. The molecule has 1 unspecified atom stereocenters. The van der Waals surface area contributed by atoms with Gasteiger partial charge in [-0.15, -0.1) is 0 Å². The van der Waals surface area contributed by atoms with E-state index in [9.17, 15) is 4.39 Å². The smallest absolute Gasteiger partial charge is 0.128 e. The number of rotatable bonds is 7. The first-order valence-corrected chi connectivity index (χ1v) is 6.77.